The standard InChI is InChI=1S/C21H23ClN4/c1-26(2)15-7-14-23-21-20(13-12-16-8-3-4-9-17(16)22)24-18-10-5-6-11-19(18)25-21/h3-6,8-13H,7,14-15H2,1-2H3,(H,23,25)/b13-12+. The van der Waals surface area contributed by atoms with Crippen LogP contribution in [0.2, 0.25) is 5.02 Å². The maximum Gasteiger partial charge on any atom is 0.152 e. The number of nitrogens with one attached hydrogen (secondary N) is 1. The summed E-state index contributed by atoms with van der Waals surface area (Å²) in [6, 6.07) is 15.7. The maximum atomic E-state index is 6.25. The highest BCUT2D eigenvalue weighted by atomic mass is 35.5. The van der Waals surface area contributed by atoms with Crippen LogP contribution in [0.3, 0.4) is 0 Å². The number of benzene rings is 2. The molecule has 0 saturated heterocycles. The molecule has 0 unspecified atom stereocenters. The first-order chi connectivity index (χ1) is 12.6. The fourth-order valence-electron chi connectivity index (χ4n) is 2.64. The Hall–Kier alpha value is -2.43. The van der Waals surface area contributed by atoms with Crippen molar-refractivity contribution in [3.8, 4) is 0 Å². The van der Waals surface area contributed by atoms with E-state index in [1.807, 2.05) is 60.7 Å². The highest BCUT2D eigenvalue weighted by Crippen LogP contribution is 2.21. The van der Waals surface area contributed by atoms with Crippen LogP contribution in [0.5, 0.6) is 0 Å². The molecule has 0 radical (unpaired) electrons. The van der Waals surface area contributed by atoms with E-state index in [-0.39, 0.29) is 0 Å². The van der Waals surface area contributed by atoms with Gasteiger partial charge in [-0.15, -0.1) is 0 Å². The molecule has 0 fully saturated rings. The zero-order valence-electron chi connectivity index (χ0n) is 15.1. The lowest BCUT2D eigenvalue weighted by molar-refractivity contribution is 0.405. The number of fused-ring (bicyclic) bond motifs is 1. The molecule has 0 aliphatic heterocycles. The van der Waals surface area contributed by atoms with Crippen molar-refractivity contribution in [1.29, 1.82) is 0 Å². The number of aromatic nitrogens is 2. The third kappa shape index (κ3) is 4.81. The summed E-state index contributed by atoms with van der Waals surface area (Å²) in [5.74, 6) is 0.797. The van der Waals surface area contributed by atoms with Gasteiger partial charge < -0.3 is 10.2 Å². The molecule has 1 aromatic heterocycles. The van der Waals surface area contributed by atoms with Gasteiger partial charge >= 0.3 is 0 Å². The first-order valence-electron chi connectivity index (χ1n) is 8.71. The van der Waals surface area contributed by atoms with E-state index < -0.39 is 0 Å². The third-order valence-electron chi connectivity index (χ3n) is 4.00. The van der Waals surface area contributed by atoms with Gasteiger partial charge in [0.15, 0.2) is 5.82 Å². The summed E-state index contributed by atoms with van der Waals surface area (Å²) in [6.07, 6.45) is 4.98. The Morgan fingerprint density at radius 2 is 1.65 bits per heavy atom. The fraction of sp³-hybridized carbons (Fsp3) is 0.238. The lowest BCUT2D eigenvalue weighted by Crippen LogP contribution is -2.17. The molecule has 0 amide bonds. The lowest BCUT2D eigenvalue weighted by Gasteiger charge is -2.12. The highest BCUT2D eigenvalue weighted by molar-refractivity contribution is 6.32. The molecule has 1 heterocycles. The molecule has 0 aliphatic rings. The van der Waals surface area contributed by atoms with E-state index in [0.29, 0.717) is 0 Å². The second kappa shape index (κ2) is 8.79. The monoisotopic (exact) mass is 366 g/mol. The molecule has 0 bridgehead atoms. The van der Waals surface area contributed by atoms with Crippen LogP contribution in [0.15, 0.2) is 48.5 Å². The van der Waals surface area contributed by atoms with Gasteiger partial charge in [-0.2, -0.15) is 0 Å². The molecule has 0 saturated carbocycles. The summed E-state index contributed by atoms with van der Waals surface area (Å²) in [5.41, 5.74) is 3.54. The van der Waals surface area contributed by atoms with Crippen molar-refractivity contribution >= 4 is 40.6 Å². The minimum atomic E-state index is 0.720. The normalized spacial score (nSPS) is 11.5. The predicted molar refractivity (Wildman–Crippen MR) is 112 cm³/mol. The molecule has 5 heteroatoms. The second-order valence-electron chi connectivity index (χ2n) is 6.38. The maximum absolute atomic E-state index is 6.25. The largest absolute Gasteiger partial charge is 0.368 e. The first-order valence-corrected chi connectivity index (χ1v) is 9.09. The number of rotatable bonds is 7. The summed E-state index contributed by atoms with van der Waals surface area (Å²) >= 11 is 6.25. The number of anilines is 1. The molecule has 26 heavy (non-hydrogen) atoms. The van der Waals surface area contributed by atoms with Crippen LogP contribution in [0, 0.1) is 0 Å². The van der Waals surface area contributed by atoms with Crippen LogP contribution in [0.4, 0.5) is 5.82 Å². The van der Waals surface area contributed by atoms with Crippen molar-refractivity contribution in [3.63, 3.8) is 0 Å². The van der Waals surface area contributed by atoms with Crippen LogP contribution < -0.4 is 5.32 Å². The molecule has 1 N–H and O–H groups in total. The molecule has 134 valence electrons. The molecule has 2 aromatic carbocycles. The molecule has 3 rings (SSSR count). The highest BCUT2D eigenvalue weighted by Gasteiger charge is 2.06. The average Bonchev–Trinajstić information content (AvgIpc) is 2.64. The fourth-order valence-corrected chi connectivity index (χ4v) is 2.84. The summed E-state index contributed by atoms with van der Waals surface area (Å²) in [6.45, 7) is 1.87. The van der Waals surface area contributed by atoms with Gasteiger partial charge in [0, 0.05) is 11.6 Å². The molecule has 3 aromatic rings. The van der Waals surface area contributed by atoms with Crippen LogP contribution >= 0.6 is 11.6 Å². The summed E-state index contributed by atoms with van der Waals surface area (Å²) in [5, 5.41) is 4.15. The predicted octanol–water partition coefficient (Wildman–Crippen LogP) is 4.82. The van der Waals surface area contributed by atoms with E-state index in [4.69, 9.17) is 21.6 Å². The van der Waals surface area contributed by atoms with Crippen molar-refractivity contribution in [3.05, 3.63) is 64.8 Å². The minimum absolute atomic E-state index is 0.720. The molecule has 0 spiro atoms. The Morgan fingerprint density at radius 1 is 0.962 bits per heavy atom. The smallest absolute Gasteiger partial charge is 0.152 e. The molecule has 4 nitrogen and oxygen atoms in total. The van der Waals surface area contributed by atoms with E-state index in [2.05, 4.69) is 24.3 Å². The topological polar surface area (TPSA) is 41.0 Å². The van der Waals surface area contributed by atoms with Crippen molar-refractivity contribution in [2.24, 2.45) is 0 Å². The van der Waals surface area contributed by atoms with E-state index >= 15 is 0 Å². The SMILES string of the molecule is CN(C)CCCNc1nc2ccccc2nc1/C=C/c1ccccc1Cl. The van der Waals surface area contributed by atoms with Gasteiger partial charge in [-0.25, -0.2) is 9.97 Å². The van der Waals surface area contributed by atoms with Crippen molar-refractivity contribution < 1.29 is 0 Å². The molecule has 0 aliphatic carbocycles. The van der Waals surface area contributed by atoms with E-state index in [1.165, 1.54) is 0 Å². The lowest BCUT2D eigenvalue weighted by atomic mass is 10.2. The van der Waals surface area contributed by atoms with Crippen molar-refractivity contribution in [2.45, 2.75) is 6.42 Å². The second-order valence-corrected chi connectivity index (χ2v) is 6.79. The Labute approximate surface area is 159 Å². The Balaban J connectivity index is 1.88. The van der Waals surface area contributed by atoms with E-state index in [0.717, 1.165) is 52.6 Å². The zero-order chi connectivity index (χ0) is 18.4. The van der Waals surface area contributed by atoms with Crippen LogP contribution in [0.25, 0.3) is 23.2 Å². The summed E-state index contributed by atoms with van der Waals surface area (Å²) < 4.78 is 0. The molecular weight excluding hydrogens is 344 g/mol. The number of para-hydroxylation sites is 2. The van der Waals surface area contributed by atoms with Crippen LogP contribution in [0.1, 0.15) is 17.7 Å². The van der Waals surface area contributed by atoms with Gasteiger partial charge in [0.25, 0.3) is 0 Å². The van der Waals surface area contributed by atoms with Crippen molar-refractivity contribution in [2.75, 3.05) is 32.5 Å². The quantitative estimate of drug-likeness (QED) is 0.609. The van der Waals surface area contributed by atoms with Gasteiger partial charge in [-0.05, 0) is 56.9 Å². The number of hydrogen-bond donors (Lipinski definition) is 1. The summed E-state index contributed by atoms with van der Waals surface area (Å²) in [4.78, 5) is 11.7. The number of halogens is 1. The Bertz CT molecular complexity index is 905. The molecule has 0 atom stereocenters. The molecular formula is C21H23ClN4. The van der Waals surface area contributed by atoms with Crippen LogP contribution in [-0.2, 0) is 0 Å². The van der Waals surface area contributed by atoms with Gasteiger partial charge in [0.2, 0.25) is 0 Å². The van der Waals surface area contributed by atoms with Gasteiger partial charge in [-0.1, -0.05) is 48.0 Å². The van der Waals surface area contributed by atoms with Gasteiger partial charge in [0.1, 0.15) is 5.69 Å². The van der Waals surface area contributed by atoms with Crippen LogP contribution in [-0.4, -0.2) is 42.1 Å². The zero-order valence-corrected chi connectivity index (χ0v) is 15.9. The first kappa shape index (κ1) is 18.4. The average molecular weight is 367 g/mol. The Morgan fingerprint density at radius 3 is 2.38 bits per heavy atom. The van der Waals surface area contributed by atoms with Gasteiger partial charge in [-0.3, -0.25) is 0 Å². The third-order valence-corrected chi connectivity index (χ3v) is 4.34. The van der Waals surface area contributed by atoms with Crippen molar-refractivity contribution in [1.82, 2.24) is 14.9 Å². The van der Waals surface area contributed by atoms with E-state index in [1.54, 1.807) is 0 Å². The summed E-state index contributed by atoms with van der Waals surface area (Å²) in [7, 11) is 4.15. The number of nitrogens with zero attached hydrogens (tertiary/aromatic N) is 3. The van der Waals surface area contributed by atoms with Gasteiger partial charge in [0.05, 0.1) is 11.0 Å². The minimum Gasteiger partial charge on any atom is -0.368 e. The number of hydrogen-bond acceptors (Lipinski definition) is 4. The Kier molecular flexibility index (Phi) is 6.21. The van der Waals surface area contributed by atoms with E-state index in [9.17, 15) is 0 Å².